The number of halogens is 2. The van der Waals surface area contributed by atoms with Gasteiger partial charge in [0, 0.05) is 5.69 Å². The van der Waals surface area contributed by atoms with E-state index in [2.05, 4.69) is 47.7 Å². The van der Waals surface area contributed by atoms with Crippen molar-refractivity contribution in [3.63, 3.8) is 0 Å². The van der Waals surface area contributed by atoms with E-state index in [4.69, 9.17) is 0 Å². The van der Waals surface area contributed by atoms with Crippen LogP contribution >= 0.6 is 31.9 Å². The van der Waals surface area contributed by atoms with Gasteiger partial charge < -0.3 is 10.4 Å². The number of aryl methyl sites for hydroxylation is 1. The summed E-state index contributed by atoms with van der Waals surface area (Å²) in [6.07, 6.45) is 1.07. The first-order chi connectivity index (χ1) is 11.9. The molecule has 0 aliphatic carbocycles. The third-order valence-corrected chi connectivity index (χ3v) is 4.39. The van der Waals surface area contributed by atoms with E-state index < -0.39 is 11.8 Å². The Kier molecular flexibility index (Phi) is 6.72. The summed E-state index contributed by atoms with van der Waals surface area (Å²) in [7, 11) is 0. The molecule has 2 amide bonds. The second kappa shape index (κ2) is 8.77. The fourth-order valence-electron chi connectivity index (χ4n) is 1.93. The number of hydrogen-bond donors (Lipinski definition) is 3. The van der Waals surface area contributed by atoms with Gasteiger partial charge in [0.15, 0.2) is 0 Å². The summed E-state index contributed by atoms with van der Waals surface area (Å²) in [4.78, 5) is 23.6. The first-order valence-electron chi connectivity index (χ1n) is 7.22. The number of hydrogen-bond acceptors (Lipinski definition) is 4. The van der Waals surface area contributed by atoms with Gasteiger partial charge in [-0.15, -0.1) is 0 Å². The van der Waals surface area contributed by atoms with E-state index in [0.717, 1.165) is 5.56 Å². The Morgan fingerprint density at radius 2 is 1.80 bits per heavy atom. The maximum Gasteiger partial charge on any atom is 0.249 e. The highest BCUT2D eigenvalue weighted by Gasteiger charge is 2.10. The van der Waals surface area contributed by atoms with Crippen molar-refractivity contribution in [2.45, 2.75) is 13.3 Å². The molecule has 2 aromatic rings. The van der Waals surface area contributed by atoms with Crippen molar-refractivity contribution < 1.29 is 14.7 Å². The first kappa shape index (κ1) is 19.1. The molecule has 0 radical (unpaired) electrons. The Balaban J connectivity index is 1.88. The third kappa shape index (κ3) is 5.68. The van der Waals surface area contributed by atoms with Gasteiger partial charge in [-0.3, -0.25) is 9.59 Å². The van der Waals surface area contributed by atoms with Gasteiger partial charge in [-0.1, -0.05) is 18.2 Å². The minimum absolute atomic E-state index is 0.0778. The molecule has 0 atom stereocenters. The van der Waals surface area contributed by atoms with Crippen LogP contribution in [0.1, 0.15) is 17.5 Å². The van der Waals surface area contributed by atoms with Crippen LogP contribution in [0.3, 0.4) is 0 Å². The van der Waals surface area contributed by atoms with E-state index in [9.17, 15) is 14.7 Å². The van der Waals surface area contributed by atoms with Crippen LogP contribution in [0, 0.1) is 6.92 Å². The van der Waals surface area contributed by atoms with Crippen LogP contribution in [0.15, 0.2) is 50.4 Å². The summed E-state index contributed by atoms with van der Waals surface area (Å²) in [5, 5.41) is 16.1. The number of rotatable bonds is 5. The van der Waals surface area contributed by atoms with Crippen molar-refractivity contribution in [3.8, 4) is 5.75 Å². The van der Waals surface area contributed by atoms with Crippen molar-refractivity contribution in [3.05, 3.63) is 56.5 Å². The van der Waals surface area contributed by atoms with Crippen LogP contribution < -0.4 is 10.7 Å². The zero-order chi connectivity index (χ0) is 18.4. The summed E-state index contributed by atoms with van der Waals surface area (Å²) >= 11 is 6.41. The number of para-hydroxylation sites is 1. The molecule has 6 nitrogen and oxygen atoms in total. The van der Waals surface area contributed by atoms with Crippen molar-refractivity contribution in [2.24, 2.45) is 5.10 Å². The molecule has 0 spiro atoms. The summed E-state index contributed by atoms with van der Waals surface area (Å²) in [5.74, 6) is -0.870. The molecule has 0 saturated heterocycles. The Morgan fingerprint density at radius 1 is 1.16 bits per heavy atom. The number of nitrogens with one attached hydrogen (secondary N) is 2. The lowest BCUT2D eigenvalue weighted by Gasteiger charge is -2.07. The molecule has 0 aliphatic rings. The fourth-order valence-corrected chi connectivity index (χ4v) is 3.15. The predicted molar refractivity (Wildman–Crippen MR) is 104 cm³/mol. The van der Waals surface area contributed by atoms with Gasteiger partial charge in [-0.05, 0) is 68.1 Å². The van der Waals surface area contributed by atoms with E-state index in [1.165, 1.54) is 6.21 Å². The Morgan fingerprint density at radius 3 is 2.44 bits per heavy atom. The quantitative estimate of drug-likeness (QED) is 0.355. The molecule has 0 bridgehead atoms. The molecule has 2 rings (SSSR count). The van der Waals surface area contributed by atoms with Gasteiger partial charge in [0.2, 0.25) is 11.8 Å². The highest BCUT2D eigenvalue weighted by molar-refractivity contribution is 9.11. The van der Waals surface area contributed by atoms with Crippen molar-refractivity contribution in [1.29, 1.82) is 0 Å². The molecule has 0 heterocycles. The number of carbonyl (C=O) groups is 2. The van der Waals surface area contributed by atoms with Crippen LogP contribution in [0.4, 0.5) is 5.69 Å². The van der Waals surface area contributed by atoms with Crippen LogP contribution in [0.25, 0.3) is 0 Å². The van der Waals surface area contributed by atoms with Crippen LogP contribution in [0.2, 0.25) is 0 Å². The van der Waals surface area contributed by atoms with Gasteiger partial charge in [0.05, 0.1) is 15.2 Å². The minimum atomic E-state index is -0.528. The van der Waals surface area contributed by atoms with Gasteiger partial charge in [-0.2, -0.15) is 5.10 Å². The molecule has 3 N–H and O–H groups in total. The lowest BCUT2D eigenvalue weighted by atomic mass is 10.2. The predicted octanol–water partition coefficient (Wildman–Crippen LogP) is 3.70. The third-order valence-electron chi connectivity index (χ3n) is 3.18. The average Bonchev–Trinajstić information content (AvgIpc) is 2.54. The van der Waals surface area contributed by atoms with Crippen molar-refractivity contribution in [2.75, 3.05) is 5.32 Å². The number of phenolic OH excluding ortho intramolecular Hbond substituents is 1. The highest BCUT2D eigenvalue weighted by atomic mass is 79.9. The molecular weight excluding hydrogens is 454 g/mol. The molecule has 25 heavy (non-hydrogen) atoms. The van der Waals surface area contributed by atoms with E-state index in [-0.39, 0.29) is 12.2 Å². The number of benzene rings is 2. The number of aromatic hydroxyl groups is 1. The fraction of sp³-hybridized carbons (Fsp3) is 0.118. The molecule has 8 heteroatoms. The number of amides is 2. The van der Waals surface area contributed by atoms with Gasteiger partial charge in [0.25, 0.3) is 0 Å². The standard InChI is InChI=1S/C17H15Br2N3O3/c1-10-4-2-3-5-14(10)21-15(23)8-16(24)22-20-9-11-6-12(18)17(25)13(19)7-11/h2-7,9,25H,8H2,1H3,(H,21,23)(H,22,24). The van der Waals surface area contributed by atoms with Crippen LogP contribution in [-0.2, 0) is 9.59 Å². The molecule has 130 valence electrons. The molecule has 2 aromatic carbocycles. The maximum absolute atomic E-state index is 11.9. The molecule has 0 saturated carbocycles. The second-order valence-electron chi connectivity index (χ2n) is 5.17. The minimum Gasteiger partial charge on any atom is -0.506 e. The monoisotopic (exact) mass is 467 g/mol. The summed E-state index contributed by atoms with van der Waals surface area (Å²) < 4.78 is 0.986. The lowest BCUT2D eigenvalue weighted by molar-refractivity contribution is -0.126. The Labute approximate surface area is 161 Å². The van der Waals surface area contributed by atoms with Gasteiger partial charge in [-0.25, -0.2) is 5.43 Å². The van der Waals surface area contributed by atoms with Crippen LogP contribution in [0.5, 0.6) is 5.75 Å². The SMILES string of the molecule is Cc1ccccc1NC(=O)CC(=O)NN=Cc1cc(Br)c(O)c(Br)c1. The average molecular weight is 469 g/mol. The van der Waals surface area contributed by atoms with Crippen molar-refractivity contribution >= 4 is 55.6 Å². The van der Waals surface area contributed by atoms with E-state index in [1.807, 2.05) is 19.1 Å². The van der Waals surface area contributed by atoms with E-state index in [0.29, 0.717) is 20.2 Å². The summed E-state index contributed by atoms with van der Waals surface area (Å²) in [5.41, 5.74) is 4.53. The van der Waals surface area contributed by atoms with Crippen molar-refractivity contribution in [1.82, 2.24) is 5.43 Å². The largest absolute Gasteiger partial charge is 0.506 e. The number of nitrogens with zero attached hydrogens (tertiary/aromatic N) is 1. The highest BCUT2D eigenvalue weighted by Crippen LogP contribution is 2.32. The summed E-state index contributed by atoms with van der Waals surface area (Å²) in [6, 6.07) is 10.6. The lowest BCUT2D eigenvalue weighted by Crippen LogP contribution is -2.24. The zero-order valence-electron chi connectivity index (χ0n) is 13.2. The maximum atomic E-state index is 11.9. The number of carbonyl (C=O) groups excluding carboxylic acids is 2. The number of phenols is 1. The Hall–Kier alpha value is -2.19. The number of hydrazone groups is 1. The molecular formula is C17H15Br2N3O3. The molecule has 0 unspecified atom stereocenters. The van der Waals surface area contributed by atoms with Gasteiger partial charge >= 0.3 is 0 Å². The Bertz CT molecular complexity index is 815. The first-order valence-corrected chi connectivity index (χ1v) is 8.81. The van der Waals surface area contributed by atoms with E-state index in [1.54, 1.807) is 24.3 Å². The summed E-state index contributed by atoms with van der Waals surface area (Å²) in [6.45, 7) is 1.87. The van der Waals surface area contributed by atoms with Crippen LogP contribution in [-0.4, -0.2) is 23.1 Å². The molecule has 0 aromatic heterocycles. The molecule has 0 fully saturated rings. The topological polar surface area (TPSA) is 90.8 Å². The van der Waals surface area contributed by atoms with Gasteiger partial charge in [0.1, 0.15) is 12.2 Å². The molecule has 0 aliphatic heterocycles. The normalized spacial score (nSPS) is 10.7. The smallest absolute Gasteiger partial charge is 0.249 e. The van der Waals surface area contributed by atoms with E-state index >= 15 is 0 Å². The number of anilines is 1. The zero-order valence-corrected chi connectivity index (χ0v) is 16.4. The second-order valence-corrected chi connectivity index (χ2v) is 6.87.